The third kappa shape index (κ3) is 11.8. The van der Waals surface area contributed by atoms with E-state index in [1.807, 2.05) is 24.3 Å². The van der Waals surface area contributed by atoms with Gasteiger partial charge in [-0.1, -0.05) is 23.7 Å². The van der Waals surface area contributed by atoms with E-state index in [-0.39, 0.29) is 40.8 Å². The third-order valence-corrected chi connectivity index (χ3v) is 4.76. The minimum Gasteiger partial charge on any atom is -0.492 e. The summed E-state index contributed by atoms with van der Waals surface area (Å²) >= 11 is 5.78. The maximum absolute atomic E-state index is 12.2. The normalized spacial score (nSPS) is 11.3. The Hall–Kier alpha value is -3.51. The number of nitrogens with two attached hydrogens (primary N) is 3. The summed E-state index contributed by atoms with van der Waals surface area (Å²) in [6, 6.07) is 7.73. The number of hydrogen-bond donors (Lipinski definition) is 5. The molecule has 0 saturated carbocycles. The van der Waals surface area contributed by atoms with Crippen LogP contribution in [0.3, 0.4) is 0 Å². The number of hydrogen-bond acceptors (Lipinski definition) is 9. The molecule has 0 spiro atoms. The molecule has 2 amide bonds. The predicted octanol–water partition coefficient (Wildman–Crippen LogP) is 2.69. The zero-order chi connectivity index (χ0) is 26.7. The molecule has 2 aromatic rings. The number of nitrogens with zero attached hydrogens (tertiary/aromatic N) is 3. The molecular formula is C23H34Cl2N8O4. The van der Waals surface area contributed by atoms with Gasteiger partial charge in [0.1, 0.15) is 18.0 Å². The van der Waals surface area contributed by atoms with E-state index in [0.717, 1.165) is 24.8 Å². The summed E-state index contributed by atoms with van der Waals surface area (Å²) in [6.45, 7) is 6.53. The van der Waals surface area contributed by atoms with Crippen molar-refractivity contribution in [2.75, 3.05) is 31.2 Å². The number of aryl methyl sites for hydroxylation is 1. The molecule has 0 radical (unpaired) electrons. The van der Waals surface area contributed by atoms with Crippen LogP contribution in [-0.4, -0.2) is 53.2 Å². The molecule has 0 aliphatic rings. The molecule has 0 aliphatic heterocycles. The highest BCUT2D eigenvalue weighted by atomic mass is 35.5. The molecule has 14 heteroatoms. The van der Waals surface area contributed by atoms with E-state index < -0.39 is 17.6 Å². The van der Waals surface area contributed by atoms with Crippen LogP contribution in [0.4, 0.5) is 16.4 Å². The van der Waals surface area contributed by atoms with Gasteiger partial charge in [0.15, 0.2) is 28.4 Å². The summed E-state index contributed by atoms with van der Waals surface area (Å²) in [4.78, 5) is 35.5. The number of nitrogens with one attached hydrogen (secondary N) is 2. The van der Waals surface area contributed by atoms with E-state index in [4.69, 9.17) is 38.3 Å². The molecule has 0 fully saturated rings. The zero-order valence-electron chi connectivity index (χ0n) is 21.0. The highest BCUT2D eigenvalue weighted by molar-refractivity contribution is 6.31. The summed E-state index contributed by atoms with van der Waals surface area (Å²) < 4.78 is 10.8. The van der Waals surface area contributed by atoms with Crippen LogP contribution in [0.1, 0.15) is 49.7 Å². The summed E-state index contributed by atoms with van der Waals surface area (Å²) in [5.74, 6) is -0.244. The number of carbonyl (C=O) groups excluding carboxylic acids is 2. The molecule has 12 nitrogen and oxygen atoms in total. The number of carbonyl (C=O) groups is 2. The lowest BCUT2D eigenvalue weighted by Gasteiger charge is -2.19. The maximum Gasteiger partial charge on any atom is 0.407 e. The fourth-order valence-corrected chi connectivity index (χ4v) is 2.98. The molecule has 37 heavy (non-hydrogen) atoms. The van der Waals surface area contributed by atoms with Gasteiger partial charge in [-0.2, -0.15) is 0 Å². The van der Waals surface area contributed by atoms with E-state index in [9.17, 15) is 9.59 Å². The highest BCUT2D eigenvalue weighted by Gasteiger charge is 2.17. The molecule has 1 aromatic heterocycles. The standard InChI is InChI=1S/C23H33ClN8O4.ClH/c1-23(2,3)36-22(34)29-12-13-35-15-9-7-14(8-10-15)6-4-5-11-28-21(27)32-20(33)16-18(25)31-19(26)17(24)30-16;/h7-10H,4-6,11-13H2,1-3H3,(H,29,34)(H4,25,26,31)(H3,27,28,32,33);1H. The number of amides is 2. The van der Waals surface area contributed by atoms with Gasteiger partial charge in [0.2, 0.25) is 0 Å². The van der Waals surface area contributed by atoms with Crippen molar-refractivity contribution < 1.29 is 19.1 Å². The van der Waals surface area contributed by atoms with Crippen LogP contribution in [0.5, 0.6) is 5.75 Å². The monoisotopic (exact) mass is 556 g/mol. The quantitative estimate of drug-likeness (QED) is 0.166. The number of guanidine groups is 1. The van der Waals surface area contributed by atoms with Crippen LogP contribution in [0.15, 0.2) is 29.3 Å². The van der Waals surface area contributed by atoms with Gasteiger partial charge in [0, 0.05) is 6.54 Å². The van der Waals surface area contributed by atoms with Crippen molar-refractivity contribution in [3.05, 3.63) is 40.7 Å². The number of alkyl carbamates (subject to hydrolysis) is 1. The fraction of sp³-hybridized carbons (Fsp3) is 0.435. The smallest absolute Gasteiger partial charge is 0.407 e. The number of rotatable bonds is 10. The minimum atomic E-state index is -0.675. The number of anilines is 2. The Kier molecular flexibility index (Phi) is 12.7. The van der Waals surface area contributed by atoms with Crippen molar-refractivity contribution in [3.63, 3.8) is 0 Å². The van der Waals surface area contributed by atoms with Gasteiger partial charge >= 0.3 is 6.09 Å². The number of aromatic nitrogens is 2. The molecule has 0 saturated heterocycles. The number of nitrogen functional groups attached to an aromatic ring is 2. The first kappa shape index (κ1) is 31.5. The molecule has 1 aromatic carbocycles. The molecule has 0 atom stereocenters. The van der Waals surface area contributed by atoms with Gasteiger partial charge in [0.25, 0.3) is 5.91 Å². The van der Waals surface area contributed by atoms with Crippen LogP contribution in [0.25, 0.3) is 0 Å². The van der Waals surface area contributed by atoms with Crippen molar-refractivity contribution in [2.45, 2.75) is 45.6 Å². The van der Waals surface area contributed by atoms with E-state index in [1.54, 1.807) is 20.8 Å². The Balaban J connectivity index is 0.00000684. The van der Waals surface area contributed by atoms with E-state index >= 15 is 0 Å². The zero-order valence-corrected chi connectivity index (χ0v) is 22.6. The second-order valence-corrected chi connectivity index (χ2v) is 9.09. The van der Waals surface area contributed by atoms with Crippen LogP contribution < -0.4 is 32.6 Å². The van der Waals surface area contributed by atoms with Crippen LogP contribution in [-0.2, 0) is 11.2 Å². The summed E-state index contributed by atoms with van der Waals surface area (Å²) in [5.41, 5.74) is 17.3. The topological polar surface area (TPSA) is 193 Å². The first-order valence-corrected chi connectivity index (χ1v) is 11.7. The Morgan fingerprint density at radius 1 is 1.08 bits per heavy atom. The number of benzene rings is 1. The van der Waals surface area contributed by atoms with Crippen LogP contribution >= 0.6 is 24.0 Å². The summed E-state index contributed by atoms with van der Waals surface area (Å²) in [6.07, 6.45) is 2.01. The third-order valence-electron chi connectivity index (χ3n) is 4.48. The number of halogens is 2. The number of aliphatic imine (C=N–C) groups is 1. The van der Waals surface area contributed by atoms with Gasteiger partial charge in [-0.05, 0) is 57.7 Å². The number of unbranched alkanes of at least 4 members (excludes halogenated alkanes) is 1. The van der Waals surface area contributed by atoms with Crippen molar-refractivity contribution in [1.82, 2.24) is 20.6 Å². The Bertz CT molecular complexity index is 1080. The minimum absolute atomic E-state index is 0. The van der Waals surface area contributed by atoms with Crippen molar-refractivity contribution >= 4 is 53.6 Å². The van der Waals surface area contributed by atoms with E-state index in [0.29, 0.717) is 25.4 Å². The largest absolute Gasteiger partial charge is 0.492 e. The van der Waals surface area contributed by atoms with Gasteiger partial charge < -0.3 is 32.0 Å². The lowest BCUT2D eigenvalue weighted by molar-refractivity contribution is 0.0520. The molecular weight excluding hydrogens is 523 g/mol. The molecule has 0 bridgehead atoms. The maximum atomic E-state index is 12.2. The highest BCUT2D eigenvalue weighted by Crippen LogP contribution is 2.17. The van der Waals surface area contributed by atoms with E-state index in [1.165, 1.54) is 0 Å². The first-order valence-electron chi connectivity index (χ1n) is 11.3. The summed E-state index contributed by atoms with van der Waals surface area (Å²) in [7, 11) is 0. The molecule has 204 valence electrons. The first-order chi connectivity index (χ1) is 16.9. The van der Waals surface area contributed by atoms with Gasteiger partial charge in [0.05, 0.1) is 6.54 Å². The SMILES string of the molecule is CC(C)(C)OC(=O)NCCOc1ccc(CCCCN=C(N)NC(=O)c2nc(Cl)c(N)nc2N)cc1.Cl. The van der Waals surface area contributed by atoms with Crippen molar-refractivity contribution in [3.8, 4) is 5.75 Å². The van der Waals surface area contributed by atoms with E-state index in [2.05, 4.69) is 25.6 Å². The Labute approximate surface area is 227 Å². The van der Waals surface area contributed by atoms with Crippen molar-refractivity contribution in [1.29, 1.82) is 0 Å². The second-order valence-electron chi connectivity index (χ2n) is 8.73. The number of ether oxygens (including phenoxy) is 2. The molecule has 8 N–H and O–H groups in total. The summed E-state index contributed by atoms with van der Waals surface area (Å²) in [5, 5.41) is 4.92. The van der Waals surface area contributed by atoms with Gasteiger partial charge in [-0.15, -0.1) is 12.4 Å². The Morgan fingerprint density at radius 2 is 1.76 bits per heavy atom. The predicted molar refractivity (Wildman–Crippen MR) is 146 cm³/mol. The molecule has 0 aliphatic carbocycles. The molecule has 1 heterocycles. The average molecular weight is 557 g/mol. The van der Waals surface area contributed by atoms with Gasteiger partial charge in [-0.3, -0.25) is 15.1 Å². The van der Waals surface area contributed by atoms with Crippen LogP contribution in [0.2, 0.25) is 5.15 Å². The van der Waals surface area contributed by atoms with Gasteiger partial charge in [-0.25, -0.2) is 14.8 Å². The Morgan fingerprint density at radius 3 is 2.41 bits per heavy atom. The molecule has 0 unspecified atom stereocenters. The lowest BCUT2D eigenvalue weighted by atomic mass is 10.1. The average Bonchev–Trinajstić information content (AvgIpc) is 2.78. The lowest BCUT2D eigenvalue weighted by Crippen LogP contribution is -2.38. The second kappa shape index (κ2) is 14.9. The van der Waals surface area contributed by atoms with Crippen molar-refractivity contribution in [2.24, 2.45) is 10.7 Å². The van der Waals surface area contributed by atoms with Crippen LogP contribution in [0, 0.1) is 0 Å². The fourth-order valence-electron chi connectivity index (χ4n) is 2.85. The molecule has 2 rings (SSSR count).